The van der Waals surface area contributed by atoms with E-state index in [9.17, 15) is 22.4 Å². The monoisotopic (exact) mass is 470 g/mol. The number of benzene rings is 1. The van der Waals surface area contributed by atoms with E-state index in [0.717, 1.165) is 89.3 Å². The van der Waals surface area contributed by atoms with Gasteiger partial charge < -0.3 is 15.5 Å². The molecule has 33 heavy (non-hydrogen) atoms. The summed E-state index contributed by atoms with van der Waals surface area (Å²) < 4.78 is 53.1. The lowest BCUT2D eigenvalue weighted by atomic mass is 9.84. The third-order valence-corrected chi connectivity index (χ3v) is 7.41. The number of hydrogen-bond donors (Lipinski definition) is 2. The van der Waals surface area contributed by atoms with Gasteiger partial charge in [-0.25, -0.2) is 4.39 Å². The molecule has 1 unspecified atom stereocenters. The maximum Gasteiger partial charge on any atom is 0.416 e. The van der Waals surface area contributed by atoms with Gasteiger partial charge in [-0.15, -0.1) is 0 Å². The molecular formula is C24H34F4N4O. The fourth-order valence-corrected chi connectivity index (χ4v) is 5.31. The van der Waals surface area contributed by atoms with Crippen molar-refractivity contribution in [1.82, 2.24) is 15.5 Å². The molecule has 2 heterocycles. The number of nitrogens with zero attached hydrogens (tertiary/aromatic N) is 2. The molecule has 5 nitrogen and oxygen atoms in total. The lowest BCUT2D eigenvalue weighted by Gasteiger charge is -2.37. The van der Waals surface area contributed by atoms with E-state index in [-0.39, 0.29) is 23.7 Å². The Bertz CT molecular complexity index is 796. The first-order valence-corrected chi connectivity index (χ1v) is 12.2. The molecule has 1 aromatic rings. The third kappa shape index (κ3) is 6.38. The number of nitrogens with one attached hydrogen (secondary N) is 2. The highest BCUT2D eigenvalue weighted by Crippen LogP contribution is 2.33. The Morgan fingerprint density at radius 2 is 1.79 bits per heavy atom. The number of halogens is 4. The summed E-state index contributed by atoms with van der Waals surface area (Å²) in [6, 6.07) is 2.88. The van der Waals surface area contributed by atoms with E-state index in [2.05, 4.69) is 15.5 Å². The van der Waals surface area contributed by atoms with Crippen molar-refractivity contribution in [3.8, 4) is 0 Å². The summed E-state index contributed by atoms with van der Waals surface area (Å²) in [5.74, 6) is 0.178. The Morgan fingerprint density at radius 1 is 1.06 bits per heavy atom. The van der Waals surface area contributed by atoms with Gasteiger partial charge in [0.1, 0.15) is 5.82 Å². The van der Waals surface area contributed by atoms with Crippen molar-refractivity contribution < 1.29 is 22.4 Å². The molecule has 0 radical (unpaired) electrons. The van der Waals surface area contributed by atoms with E-state index in [0.29, 0.717) is 19.0 Å². The van der Waals surface area contributed by atoms with Crippen molar-refractivity contribution in [2.45, 2.75) is 63.2 Å². The van der Waals surface area contributed by atoms with Gasteiger partial charge in [-0.3, -0.25) is 9.69 Å². The molecule has 184 valence electrons. The van der Waals surface area contributed by atoms with Crippen LogP contribution in [0.25, 0.3) is 0 Å². The molecule has 0 bridgehead atoms. The minimum Gasteiger partial charge on any atom is -0.367 e. The highest BCUT2D eigenvalue weighted by Gasteiger charge is 2.32. The van der Waals surface area contributed by atoms with Crippen LogP contribution in [-0.2, 0) is 11.0 Å². The second kappa shape index (κ2) is 10.6. The fraction of sp³-hybridized carbons (Fsp3) is 0.708. The maximum atomic E-state index is 14.2. The van der Waals surface area contributed by atoms with Gasteiger partial charge in [-0.05, 0) is 82.2 Å². The number of hydrogen-bond acceptors (Lipinski definition) is 4. The van der Waals surface area contributed by atoms with Gasteiger partial charge in [-0.2, -0.15) is 13.2 Å². The number of amides is 1. The first-order chi connectivity index (χ1) is 15.8. The summed E-state index contributed by atoms with van der Waals surface area (Å²) >= 11 is 0. The second-order valence-corrected chi connectivity index (χ2v) is 9.66. The number of piperazine rings is 1. The van der Waals surface area contributed by atoms with E-state index < -0.39 is 17.6 Å². The highest BCUT2D eigenvalue weighted by atomic mass is 19.4. The number of anilines is 1. The average Bonchev–Trinajstić information content (AvgIpc) is 3.34. The largest absolute Gasteiger partial charge is 0.416 e. The molecule has 1 aromatic carbocycles. The van der Waals surface area contributed by atoms with Crippen LogP contribution in [0.1, 0.15) is 50.5 Å². The summed E-state index contributed by atoms with van der Waals surface area (Å²) in [6.45, 7) is 4.35. The summed E-state index contributed by atoms with van der Waals surface area (Å²) in [6.07, 6.45) is 2.86. The molecule has 1 atom stereocenters. The van der Waals surface area contributed by atoms with Gasteiger partial charge in [0, 0.05) is 32.2 Å². The molecular weight excluding hydrogens is 436 g/mol. The van der Waals surface area contributed by atoms with Crippen molar-refractivity contribution in [1.29, 1.82) is 0 Å². The molecule has 1 saturated carbocycles. The van der Waals surface area contributed by atoms with Crippen LogP contribution in [0.3, 0.4) is 0 Å². The molecule has 9 heteroatoms. The first-order valence-electron chi connectivity index (χ1n) is 12.2. The van der Waals surface area contributed by atoms with Gasteiger partial charge in [0.25, 0.3) is 0 Å². The minimum atomic E-state index is -4.47. The van der Waals surface area contributed by atoms with E-state index in [1.165, 1.54) is 0 Å². The van der Waals surface area contributed by atoms with Crippen molar-refractivity contribution >= 4 is 11.6 Å². The van der Waals surface area contributed by atoms with E-state index >= 15 is 0 Å². The number of carbonyl (C=O) groups excluding carboxylic acids is 1. The number of alkyl halides is 3. The Balaban J connectivity index is 1.17. The zero-order chi connectivity index (χ0) is 23.4. The van der Waals surface area contributed by atoms with Gasteiger partial charge in [0.05, 0.1) is 17.3 Å². The maximum absolute atomic E-state index is 14.2. The Hall–Kier alpha value is -1.87. The molecule has 1 amide bonds. The summed E-state index contributed by atoms with van der Waals surface area (Å²) in [7, 11) is 0. The highest BCUT2D eigenvalue weighted by molar-refractivity contribution is 5.82. The standard InChI is InChI=1S/C24H34F4N4O/c25-20-8-5-18(24(26,27)28)16-22(20)32-14-12-31(13-15-32)11-9-17-3-6-19(7-4-17)30-23(33)21-2-1-10-29-21/h5,8,16-17,19,21,29H,1-4,6-7,9-15H2,(H,30,33). The zero-order valence-corrected chi connectivity index (χ0v) is 19.0. The first kappa shape index (κ1) is 24.3. The van der Waals surface area contributed by atoms with Crippen molar-refractivity contribution in [2.75, 3.05) is 44.2 Å². The van der Waals surface area contributed by atoms with Crippen LogP contribution in [0.2, 0.25) is 0 Å². The topological polar surface area (TPSA) is 47.6 Å². The molecule has 0 aromatic heterocycles. The van der Waals surface area contributed by atoms with Crippen LogP contribution < -0.4 is 15.5 Å². The lowest BCUT2D eigenvalue weighted by Crippen LogP contribution is -2.47. The molecule has 1 aliphatic carbocycles. The minimum absolute atomic E-state index is 0.0224. The molecule has 2 saturated heterocycles. The van der Waals surface area contributed by atoms with Crippen LogP contribution in [0.15, 0.2) is 18.2 Å². The predicted molar refractivity (Wildman–Crippen MR) is 120 cm³/mol. The predicted octanol–water partition coefficient (Wildman–Crippen LogP) is 3.78. The summed E-state index contributed by atoms with van der Waals surface area (Å²) in [5.41, 5.74) is -0.773. The Morgan fingerprint density at radius 3 is 2.42 bits per heavy atom. The van der Waals surface area contributed by atoms with E-state index in [4.69, 9.17) is 0 Å². The normalized spacial score (nSPS) is 27.0. The molecule has 2 N–H and O–H groups in total. The third-order valence-electron chi connectivity index (χ3n) is 7.41. The zero-order valence-electron chi connectivity index (χ0n) is 19.0. The SMILES string of the molecule is O=C(NC1CCC(CCN2CCN(c3cc(C(F)(F)F)ccc3F)CC2)CC1)C1CCCN1. The smallest absolute Gasteiger partial charge is 0.367 e. The van der Waals surface area contributed by atoms with Crippen LogP contribution in [-0.4, -0.2) is 62.2 Å². The second-order valence-electron chi connectivity index (χ2n) is 9.66. The Labute approximate surface area is 192 Å². The molecule has 4 rings (SSSR count). The van der Waals surface area contributed by atoms with Crippen LogP contribution in [0.5, 0.6) is 0 Å². The van der Waals surface area contributed by atoms with Gasteiger partial charge in [0.15, 0.2) is 0 Å². The fourth-order valence-electron chi connectivity index (χ4n) is 5.31. The van der Waals surface area contributed by atoms with Crippen LogP contribution in [0, 0.1) is 11.7 Å². The van der Waals surface area contributed by atoms with E-state index in [1.54, 1.807) is 4.90 Å². The molecule has 2 aliphatic heterocycles. The van der Waals surface area contributed by atoms with Crippen molar-refractivity contribution in [3.05, 3.63) is 29.6 Å². The van der Waals surface area contributed by atoms with E-state index in [1.807, 2.05) is 0 Å². The van der Waals surface area contributed by atoms with Gasteiger partial charge >= 0.3 is 6.18 Å². The molecule has 3 fully saturated rings. The van der Waals surface area contributed by atoms with Crippen molar-refractivity contribution in [2.24, 2.45) is 5.92 Å². The lowest BCUT2D eigenvalue weighted by molar-refractivity contribution is -0.137. The van der Waals surface area contributed by atoms with Crippen LogP contribution in [0.4, 0.5) is 23.2 Å². The average molecular weight is 471 g/mol. The molecule has 3 aliphatic rings. The van der Waals surface area contributed by atoms with Gasteiger partial charge in [0.2, 0.25) is 5.91 Å². The van der Waals surface area contributed by atoms with Gasteiger partial charge in [-0.1, -0.05) is 0 Å². The summed E-state index contributed by atoms with van der Waals surface area (Å²) in [5, 5.41) is 6.45. The number of rotatable bonds is 6. The number of carbonyl (C=O) groups is 1. The quantitative estimate of drug-likeness (QED) is 0.622. The van der Waals surface area contributed by atoms with Crippen molar-refractivity contribution in [3.63, 3.8) is 0 Å². The van der Waals surface area contributed by atoms with Crippen LogP contribution >= 0.6 is 0 Å². The Kier molecular flexibility index (Phi) is 7.79. The summed E-state index contributed by atoms with van der Waals surface area (Å²) in [4.78, 5) is 16.3. The molecule has 0 spiro atoms.